The fraction of sp³-hybridized carbons (Fsp3) is 0.333. The van der Waals surface area contributed by atoms with Gasteiger partial charge < -0.3 is 9.30 Å². The zero-order valence-electron chi connectivity index (χ0n) is 15.5. The fourth-order valence-corrected chi connectivity index (χ4v) is 4.05. The molecule has 0 fully saturated rings. The molecule has 5 heteroatoms. The van der Waals surface area contributed by atoms with E-state index in [1.54, 1.807) is 0 Å². The molecular formula is C21H24N2O2S. The zero-order chi connectivity index (χ0) is 18.5. The van der Waals surface area contributed by atoms with Crippen LogP contribution in [0.2, 0.25) is 0 Å². The number of amides is 1. The van der Waals surface area contributed by atoms with Gasteiger partial charge in [0.1, 0.15) is 5.75 Å². The van der Waals surface area contributed by atoms with Crippen molar-refractivity contribution >= 4 is 27.5 Å². The second-order valence-electron chi connectivity index (χ2n) is 6.04. The molecule has 4 nitrogen and oxygen atoms in total. The van der Waals surface area contributed by atoms with Crippen LogP contribution in [0, 0.1) is 0 Å². The lowest BCUT2D eigenvalue weighted by Crippen LogP contribution is -2.16. The number of hydrogen-bond acceptors (Lipinski definition) is 3. The summed E-state index contributed by atoms with van der Waals surface area (Å²) in [6, 6.07) is 14.2. The molecule has 0 aliphatic heterocycles. The van der Waals surface area contributed by atoms with Crippen LogP contribution in [0.5, 0.6) is 5.75 Å². The smallest absolute Gasteiger partial charge is 0.252 e. The number of carbonyl (C=O) groups excluding carboxylic acids is 1. The second kappa shape index (κ2) is 8.32. The molecule has 0 spiro atoms. The number of ether oxygens (including phenoxy) is 1. The monoisotopic (exact) mass is 368 g/mol. The average Bonchev–Trinajstić information content (AvgIpc) is 2.98. The Morgan fingerprint density at radius 2 is 1.81 bits per heavy atom. The van der Waals surface area contributed by atoms with E-state index in [4.69, 9.17) is 4.74 Å². The first kappa shape index (κ1) is 18.4. The van der Waals surface area contributed by atoms with Gasteiger partial charge in [-0.1, -0.05) is 42.5 Å². The number of fused-ring (bicyclic) bond motifs is 1. The summed E-state index contributed by atoms with van der Waals surface area (Å²) in [5.41, 5.74) is 3.36. The van der Waals surface area contributed by atoms with Gasteiger partial charge in [-0.3, -0.25) is 4.79 Å². The molecule has 0 aliphatic rings. The van der Waals surface area contributed by atoms with Crippen molar-refractivity contribution in [2.45, 2.75) is 40.2 Å². The lowest BCUT2D eigenvalue weighted by molar-refractivity contribution is -0.117. The summed E-state index contributed by atoms with van der Waals surface area (Å²) in [6.07, 6.45) is 1.33. The molecule has 0 radical (unpaired) electrons. The van der Waals surface area contributed by atoms with Gasteiger partial charge in [0, 0.05) is 6.54 Å². The van der Waals surface area contributed by atoms with E-state index in [9.17, 15) is 4.79 Å². The molecule has 0 N–H and O–H groups in total. The Labute approximate surface area is 157 Å². The average molecular weight is 369 g/mol. The summed E-state index contributed by atoms with van der Waals surface area (Å²) in [4.78, 5) is 17.6. The third kappa shape index (κ3) is 4.05. The summed E-state index contributed by atoms with van der Waals surface area (Å²) < 4.78 is 8.73. The van der Waals surface area contributed by atoms with E-state index in [1.165, 1.54) is 16.9 Å². The number of rotatable bonds is 6. The van der Waals surface area contributed by atoms with Crippen LogP contribution in [0.25, 0.3) is 10.2 Å². The summed E-state index contributed by atoms with van der Waals surface area (Å²) in [5, 5.41) is 0. The van der Waals surface area contributed by atoms with E-state index >= 15 is 0 Å². The van der Waals surface area contributed by atoms with Crippen LogP contribution in [0.4, 0.5) is 0 Å². The van der Waals surface area contributed by atoms with Crippen molar-refractivity contribution < 1.29 is 9.53 Å². The van der Waals surface area contributed by atoms with Crippen molar-refractivity contribution in [1.29, 1.82) is 0 Å². The first-order valence-electron chi connectivity index (χ1n) is 9.06. The third-order valence-corrected chi connectivity index (χ3v) is 5.33. The summed E-state index contributed by atoms with van der Waals surface area (Å²) >= 11 is 1.53. The zero-order valence-corrected chi connectivity index (χ0v) is 16.3. The highest BCUT2D eigenvalue weighted by molar-refractivity contribution is 7.16. The van der Waals surface area contributed by atoms with Gasteiger partial charge in [0.05, 0.1) is 23.2 Å². The van der Waals surface area contributed by atoms with Crippen molar-refractivity contribution in [3.63, 3.8) is 0 Å². The third-order valence-electron chi connectivity index (χ3n) is 4.29. The molecule has 3 rings (SSSR count). The normalized spacial score (nSPS) is 11.9. The maximum atomic E-state index is 12.5. The largest absolute Gasteiger partial charge is 0.494 e. The lowest BCUT2D eigenvalue weighted by atomic mass is 10.1. The van der Waals surface area contributed by atoms with E-state index in [0.717, 1.165) is 39.3 Å². The van der Waals surface area contributed by atoms with Crippen LogP contribution < -0.4 is 9.54 Å². The molecule has 3 aromatic rings. The van der Waals surface area contributed by atoms with Gasteiger partial charge >= 0.3 is 0 Å². The molecule has 0 atom stereocenters. The molecule has 0 saturated carbocycles. The Morgan fingerprint density at radius 1 is 1.08 bits per heavy atom. The number of benzene rings is 2. The van der Waals surface area contributed by atoms with Crippen LogP contribution in [-0.2, 0) is 24.2 Å². The van der Waals surface area contributed by atoms with Gasteiger partial charge in [0.2, 0.25) is 0 Å². The highest BCUT2D eigenvalue weighted by Gasteiger charge is 2.09. The summed E-state index contributed by atoms with van der Waals surface area (Å²) in [7, 11) is 0. The predicted octanol–water partition coefficient (Wildman–Crippen LogP) is 4.35. The van der Waals surface area contributed by atoms with Gasteiger partial charge in [-0.2, -0.15) is 4.99 Å². The van der Waals surface area contributed by atoms with Crippen LogP contribution in [0.3, 0.4) is 0 Å². The van der Waals surface area contributed by atoms with Gasteiger partial charge in [0.15, 0.2) is 4.80 Å². The van der Waals surface area contributed by atoms with Crippen LogP contribution >= 0.6 is 11.3 Å². The minimum absolute atomic E-state index is 0.118. The van der Waals surface area contributed by atoms with Crippen molar-refractivity contribution in [3.8, 4) is 5.75 Å². The van der Waals surface area contributed by atoms with E-state index < -0.39 is 0 Å². The molecule has 26 heavy (non-hydrogen) atoms. The molecular weight excluding hydrogens is 344 g/mol. The number of carbonyl (C=O) groups is 1. The SMILES string of the molecule is CCOc1ccc2c(c1)sc(=NC(=O)Cc1ccc(CC)cc1)n2CC. The summed E-state index contributed by atoms with van der Waals surface area (Å²) in [6.45, 7) is 7.56. The van der Waals surface area contributed by atoms with Gasteiger partial charge in [-0.15, -0.1) is 0 Å². The van der Waals surface area contributed by atoms with Gasteiger partial charge in [0.25, 0.3) is 5.91 Å². The Bertz CT molecular complexity index is 968. The van der Waals surface area contributed by atoms with E-state index in [1.807, 2.05) is 37.3 Å². The molecule has 1 aromatic heterocycles. The number of nitrogens with zero attached hydrogens (tertiary/aromatic N) is 2. The van der Waals surface area contributed by atoms with Crippen molar-refractivity contribution in [1.82, 2.24) is 4.57 Å². The lowest BCUT2D eigenvalue weighted by Gasteiger charge is -2.03. The molecule has 1 amide bonds. The van der Waals surface area contributed by atoms with Gasteiger partial charge in [-0.25, -0.2) is 0 Å². The quantitative estimate of drug-likeness (QED) is 0.649. The highest BCUT2D eigenvalue weighted by atomic mass is 32.1. The Hall–Kier alpha value is -2.40. The Balaban J connectivity index is 1.90. The van der Waals surface area contributed by atoms with E-state index in [2.05, 4.69) is 35.5 Å². The maximum absolute atomic E-state index is 12.5. The molecule has 136 valence electrons. The standard InChI is InChI=1S/C21H24N2O2S/c1-4-15-7-9-16(10-8-15)13-20(24)22-21-23(5-2)18-12-11-17(25-6-3)14-19(18)26-21/h7-12,14H,4-6,13H2,1-3H3. The first-order chi connectivity index (χ1) is 12.6. The predicted molar refractivity (Wildman–Crippen MR) is 107 cm³/mol. The van der Waals surface area contributed by atoms with Crippen molar-refractivity contribution in [2.24, 2.45) is 4.99 Å². The number of hydrogen-bond donors (Lipinski definition) is 0. The molecule has 1 heterocycles. The Morgan fingerprint density at radius 3 is 2.46 bits per heavy atom. The molecule has 0 aliphatic carbocycles. The molecule has 0 bridgehead atoms. The van der Waals surface area contributed by atoms with Crippen LogP contribution in [-0.4, -0.2) is 17.1 Å². The minimum Gasteiger partial charge on any atom is -0.494 e. The van der Waals surface area contributed by atoms with Crippen molar-refractivity contribution in [3.05, 3.63) is 58.4 Å². The molecule has 0 unspecified atom stereocenters. The fourth-order valence-electron chi connectivity index (χ4n) is 2.91. The number of aryl methyl sites for hydroxylation is 2. The summed E-state index contributed by atoms with van der Waals surface area (Å²) in [5.74, 6) is 0.728. The molecule has 0 saturated heterocycles. The van der Waals surface area contributed by atoms with Crippen molar-refractivity contribution in [2.75, 3.05) is 6.61 Å². The number of thiazole rings is 1. The Kier molecular flexibility index (Phi) is 5.89. The maximum Gasteiger partial charge on any atom is 0.252 e. The first-order valence-corrected chi connectivity index (χ1v) is 9.87. The minimum atomic E-state index is -0.118. The molecule has 2 aromatic carbocycles. The van der Waals surface area contributed by atoms with Crippen LogP contribution in [0.1, 0.15) is 31.9 Å². The number of aromatic nitrogens is 1. The highest BCUT2D eigenvalue weighted by Crippen LogP contribution is 2.23. The second-order valence-corrected chi connectivity index (χ2v) is 7.05. The van der Waals surface area contributed by atoms with Crippen LogP contribution in [0.15, 0.2) is 47.5 Å². The topological polar surface area (TPSA) is 43.6 Å². The van der Waals surface area contributed by atoms with E-state index in [0.29, 0.717) is 13.0 Å². The van der Waals surface area contributed by atoms with Gasteiger partial charge in [-0.05, 0) is 49.6 Å². The van der Waals surface area contributed by atoms with E-state index in [-0.39, 0.29) is 5.91 Å².